The topological polar surface area (TPSA) is 49.4 Å². The number of nitrogens with one attached hydrogen (secondary N) is 1. The minimum Gasteiger partial charge on any atom is -0.345 e. The summed E-state index contributed by atoms with van der Waals surface area (Å²) in [6.45, 7) is 2.03. The molecule has 1 unspecified atom stereocenters. The van der Waals surface area contributed by atoms with E-state index in [9.17, 15) is 9.59 Å². The maximum absolute atomic E-state index is 12.2. The number of nitrogens with zero attached hydrogens (tertiary/aromatic N) is 1. The van der Waals surface area contributed by atoms with Crippen molar-refractivity contribution in [2.24, 2.45) is 0 Å². The van der Waals surface area contributed by atoms with E-state index in [-0.39, 0.29) is 17.7 Å². The van der Waals surface area contributed by atoms with Crippen molar-refractivity contribution in [2.45, 2.75) is 19.3 Å². The van der Waals surface area contributed by atoms with Gasteiger partial charge in [-0.15, -0.1) is 0 Å². The molecule has 120 valence electrons. The fourth-order valence-electron chi connectivity index (χ4n) is 2.38. The van der Waals surface area contributed by atoms with Gasteiger partial charge in [0.15, 0.2) is 0 Å². The molecular weight excluding hydrogens is 288 g/mol. The molecule has 0 saturated carbocycles. The Morgan fingerprint density at radius 1 is 1.04 bits per heavy atom. The Labute approximate surface area is 137 Å². The molecule has 1 atom stereocenters. The molecule has 0 bridgehead atoms. The maximum atomic E-state index is 12.2. The van der Waals surface area contributed by atoms with Gasteiger partial charge in [-0.1, -0.05) is 43.3 Å². The molecule has 0 spiro atoms. The minimum absolute atomic E-state index is 0.0594. The molecule has 2 aromatic carbocycles. The van der Waals surface area contributed by atoms with Crippen LogP contribution in [0, 0.1) is 0 Å². The highest BCUT2D eigenvalue weighted by molar-refractivity contribution is 5.97. The van der Waals surface area contributed by atoms with E-state index in [0.29, 0.717) is 17.7 Å². The van der Waals surface area contributed by atoms with Crippen LogP contribution in [0.4, 0.5) is 5.69 Å². The Morgan fingerprint density at radius 3 is 2.39 bits per heavy atom. The molecule has 2 rings (SSSR count). The van der Waals surface area contributed by atoms with Gasteiger partial charge < -0.3 is 10.2 Å². The molecule has 4 nitrogen and oxygen atoms in total. The second-order valence-corrected chi connectivity index (χ2v) is 5.84. The van der Waals surface area contributed by atoms with E-state index in [2.05, 4.69) is 5.32 Å². The van der Waals surface area contributed by atoms with Crippen molar-refractivity contribution in [3.8, 4) is 0 Å². The summed E-state index contributed by atoms with van der Waals surface area (Å²) in [4.78, 5) is 25.7. The zero-order valence-corrected chi connectivity index (χ0v) is 13.7. The largest absolute Gasteiger partial charge is 0.345 e. The van der Waals surface area contributed by atoms with Crippen molar-refractivity contribution in [2.75, 3.05) is 19.4 Å². The third-order valence-electron chi connectivity index (χ3n) is 3.66. The molecule has 0 fully saturated rings. The highest BCUT2D eigenvalue weighted by atomic mass is 16.2. The lowest BCUT2D eigenvalue weighted by atomic mass is 9.97. The fraction of sp³-hybridized carbons (Fsp3) is 0.263. The average molecular weight is 310 g/mol. The molecular formula is C19H22N2O2. The summed E-state index contributed by atoms with van der Waals surface area (Å²) < 4.78 is 0. The van der Waals surface area contributed by atoms with E-state index >= 15 is 0 Å². The highest BCUT2D eigenvalue weighted by Gasteiger charge is 2.13. The summed E-state index contributed by atoms with van der Waals surface area (Å²) in [6.07, 6.45) is 0.399. The average Bonchev–Trinajstić information content (AvgIpc) is 2.55. The van der Waals surface area contributed by atoms with Gasteiger partial charge in [0.05, 0.1) is 0 Å². The molecule has 4 heteroatoms. The van der Waals surface area contributed by atoms with Gasteiger partial charge in [-0.25, -0.2) is 0 Å². The molecule has 0 saturated heterocycles. The Kier molecular flexibility index (Phi) is 5.52. The van der Waals surface area contributed by atoms with E-state index < -0.39 is 0 Å². The third-order valence-corrected chi connectivity index (χ3v) is 3.66. The van der Waals surface area contributed by atoms with Crippen LogP contribution >= 0.6 is 0 Å². The zero-order valence-electron chi connectivity index (χ0n) is 13.7. The van der Waals surface area contributed by atoms with Crippen molar-refractivity contribution in [1.82, 2.24) is 4.90 Å². The number of carbonyl (C=O) groups excluding carboxylic acids is 2. The Hall–Kier alpha value is -2.62. The van der Waals surface area contributed by atoms with Crippen LogP contribution in [0.2, 0.25) is 0 Å². The van der Waals surface area contributed by atoms with Crippen LogP contribution < -0.4 is 5.32 Å². The van der Waals surface area contributed by atoms with Crippen molar-refractivity contribution in [3.63, 3.8) is 0 Å². The third kappa shape index (κ3) is 4.68. The van der Waals surface area contributed by atoms with Gasteiger partial charge in [0, 0.05) is 31.8 Å². The molecule has 0 aliphatic rings. The van der Waals surface area contributed by atoms with Crippen molar-refractivity contribution >= 4 is 17.5 Å². The quantitative estimate of drug-likeness (QED) is 0.918. The van der Waals surface area contributed by atoms with Crippen molar-refractivity contribution in [3.05, 3.63) is 65.7 Å². The first-order valence-corrected chi connectivity index (χ1v) is 7.64. The van der Waals surface area contributed by atoms with E-state index in [0.717, 1.165) is 5.56 Å². The smallest absolute Gasteiger partial charge is 0.253 e. The predicted molar refractivity (Wildman–Crippen MR) is 92.6 cm³/mol. The molecule has 0 aliphatic carbocycles. The lowest BCUT2D eigenvalue weighted by Gasteiger charge is -2.13. The number of anilines is 1. The van der Waals surface area contributed by atoms with Crippen LogP contribution in [-0.2, 0) is 4.79 Å². The van der Waals surface area contributed by atoms with E-state index in [1.54, 1.807) is 38.4 Å². The number of carbonyl (C=O) groups is 2. The van der Waals surface area contributed by atoms with Gasteiger partial charge in [0.1, 0.15) is 0 Å². The molecule has 23 heavy (non-hydrogen) atoms. The molecule has 0 radical (unpaired) electrons. The van der Waals surface area contributed by atoms with Crippen LogP contribution in [0.25, 0.3) is 0 Å². The summed E-state index contributed by atoms with van der Waals surface area (Å²) in [5.41, 5.74) is 2.34. The van der Waals surface area contributed by atoms with Gasteiger partial charge in [-0.3, -0.25) is 9.59 Å². The number of hydrogen-bond donors (Lipinski definition) is 1. The van der Waals surface area contributed by atoms with Crippen LogP contribution in [0.3, 0.4) is 0 Å². The van der Waals surface area contributed by atoms with Crippen LogP contribution in [0.15, 0.2) is 54.6 Å². The number of amides is 2. The monoisotopic (exact) mass is 310 g/mol. The molecule has 0 aliphatic heterocycles. The van der Waals surface area contributed by atoms with Crippen LogP contribution in [-0.4, -0.2) is 30.8 Å². The van der Waals surface area contributed by atoms with Gasteiger partial charge >= 0.3 is 0 Å². The van der Waals surface area contributed by atoms with Gasteiger partial charge in [0.25, 0.3) is 5.91 Å². The fourth-order valence-corrected chi connectivity index (χ4v) is 2.38. The molecule has 0 heterocycles. The van der Waals surface area contributed by atoms with Crippen LogP contribution in [0.1, 0.15) is 35.2 Å². The summed E-state index contributed by atoms with van der Waals surface area (Å²) in [5.74, 6) is -0.00246. The first-order valence-electron chi connectivity index (χ1n) is 7.64. The number of hydrogen-bond acceptors (Lipinski definition) is 2. The van der Waals surface area contributed by atoms with E-state index in [1.807, 2.05) is 37.3 Å². The van der Waals surface area contributed by atoms with Crippen molar-refractivity contribution < 1.29 is 9.59 Å². The normalized spacial score (nSPS) is 11.6. The Balaban J connectivity index is 2.00. The summed E-state index contributed by atoms with van der Waals surface area (Å²) >= 11 is 0. The highest BCUT2D eigenvalue weighted by Crippen LogP contribution is 2.20. The Morgan fingerprint density at radius 2 is 1.74 bits per heavy atom. The van der Waals surface area contributed by atoms with Gasteiger partial charge in [0.2, 0.25) is 5.91 Å². The zero-order chi connectivity index (χ0) is 16.8. The van der Waals surface area contributed by atoms with Crippen LogP contribution in [0.5, 0.6) is 0 Å². The number of rotatable bonds is 5. The predicted octanol–water partition coefficient (Wildman–Crippen LogP) is 3.52. The SMILES string of the molecule is CC(CC(=O)Nc1cccc(C(=O)N(C)C)c1)c1ccccc1. The lowest BCUT2D eigenvalue weighted by Crippen LogP contribution is -2.22. The first kappa shape index (κ1) is 16.7. The second-order valence-electron chi connectivity index (χ2n) is 5.84. The summed E-state index contributed by atoms with van der Waals surface area (Å²) in [6, 6.07) is 17.0. The Bertz CT molecular complexity index is 681. The van der Waals surface area contributed by atoms with Crippen molar-refractivity contribution in [1.29, 1.82) is 0 Å². The molecule has 0 aromatic heterocycles. The van der Waals surface area contributed by atoms with Gasteiger partial charge in [-0.2, -0.15) is 0 Å². The molecule has 2 amide bonds. The van der Waals surface area contributed by atoms with Gasteiger partial charge in [-0.05, 0) is 29.7 Å². The first-order chi connectivity index (χ1) is 11.0. The standard InChI is InChI=1S/C19H22N2O2/c1-14(15-8-5-4-6-9-15)12-18(22)20-17-11-7-10-16(13-17)19(23)21(2)3/h4-11,13-14H,12H2,1-3H3,(H,20,22). The summed E-state index contributed by atoms with van der Waals surface area (Å²) in [5, 5.41) is 2.87. The number of benzene rings is 2. The molecule has 2 aromatic rings. The van der Waals surface area contributed by atoms with E-state index in [1.165, 1.54) is 4.90 Å². The second kappa shape index (κ2) is 7.58. The summed E-state index contributed by atoms with van der Waals surface area (Å²) in [7, 11) is 3.41. The maximum Gasteiger partial charge on any atom is 0.253 e. The minimum atomic E-state index is -0.0845. The molecule has 1 N–H and O–H groups in total. The van der Waals surface area contributed by atoms with E-state index in [4.69, 9.17) is 0 Å². The lowest BCUT2D eigenvalue weighted by molar-refractivity contribution is -0.116.